The summed E-state index contributed by atoms with van der Waals surface area (Å²) in [5.41, 5.74) is 0. The van der Waals surface area contributed by atoms with Crippen LogP contribution in [0.2, 0.25) is 5.22 Å². The van der Waals surface area contributed by atoms with Gasteiger partial charge in [-0.2, -0.15) is 0 Å². The van der Waals surface area contributed by atoms with E-state index in [0.717, 1.165) is 12.3 Å². The Morgan fingerprint density at radius 1 is 1.35 bits per heavy atom. The summed E-state index contributed by atoms with van der Waals surface area (Å²) in [7, 11) is 1.67. The number of amides is 2. The molecule has 0 N–H and O–H groups in total. The van der Waals surface area contributed by atoms with Crippen LogP contribution >= 0.6 is 11.6 Å². The van der Waals surface area contributed by atoms with Crippen molar-refractivity contribution in [1.29, 1.82) is 0 Å². The smallest absolute Gasteiger partial charge is 0.246 e. The highest BCUT2D eigenvalue weighted by Gasteiger charge is 2.41. The third kappa shape index (κ3) is 2.41. The summed E-state index contributed by atoms with van der Waals surface area (Å²) >= 11 is 5.75. The Balaban J connectivity index is 1.70. The molecule has 0 aromatic carbocycles. The van der Waals surface area contributed by atoms with Gasteiger partial charge in [0.25, 0.3) is 0 Å². The lowest BCUT2D eigenvalue weighted by Crippen LogP contribution is -2.65. The molecule has 0 saturated carbocycles. The zero-order valence-electron chi connectivity index (χ0n) is 11.2. The largest absolute Gasteiger partial charge is 0.448 e. The molecule has 1 atom stereocenters. The van der Waals surface area contributed by atoms with Crippen LogP contribution in [0.1, 0.15) is 5.76 Å². The molecule has 1 unspecified atom stereocenters. The maximum absolute atomic E-state index is 12.2. The van der Waals surface area contributed by atoms with Crippen LogP contribution in [0.25, 0.3) is 0 Å². The van der Waals surface area contributed by atoms with Gasteiger partial charge in [-0.05, 0) is 23.7 Å². The average molecular weight is 298 g/mol. The van der Waals surface area contributed by atoms with E-state index in [2.05, 4.69) is 4.90 Å². The van der Waals surface area contributed by atoms with Gasteiger partial charge in [-0.15, -0.1) is 0 Å². The summed E-state index contributed by atoms with van der Waals surface area (Å²) in [6.45, 7) is 2.63. The number of likely N-dealkylation sites (N-methyl/N-ethyl adjacent to an activating group) is 1. The third-order valence-corrected chi connectivity index (χ3v) is 4.03. The van der Waals surface area contributed by atoms with E-state index in [1.165, 1.54) is 4.90 Å². The van der Waals surface area contributed by atoms with E-state index in [9.17, 15) is 9.59 Å². The Morgan fingerprint density at radius 3 is 2.85 bits per heavy atom. The van der Waals surface area contributed by atoms with Crippen LogP contribution in [0.4, 0.5) is 0 Å². The Kier molecular flexibility index (Phi) is 3.43. The van der Waals surface area contributed by atoms with Crippen LogP contribution in [0.5, 0.6) is 0 Å². The number of piperazine rings is 2. The summed E-state index contributed by atoms with van der Waals surface area (Å²) in [5, 5.41) is 0.363. The molecule has 108 valence electrons. The molecule has 2 amide bonds. The van der Waals surface area contributed by atoms with Gasteiger partial charge in [-0.3, -0.25) is 14.5 Å². The number of furan rings is 1. The lowest BCUT2D eigenvalue weighted by atomic mass is 10.1. The maximum Gasteiger partial charge on any atom is 0.246 e. The highest BCUT2D eigenvalue weighted by atomic mass is 35.5. The molecule has 2 aliphatic heterocycles. The number of carbonyl (C=O) groups is 2. The van der Waals surface area contributed by atoms with E-state index in [1.54, 1.807) is 18.0 Å². The summed E-state index contributed by atoms with van der Waals surface area (Å²) in [4.78, 5) is 29.4. The summed E-state index contributed by atoms with van der Waals surface area (Å²) in [6, 6.07) is 3.16. The molecular formula is C13H16ClN3O3. The standard InChI is InChI=1S/C13H16ClN3O3/c1-15-8-12(18)17-5-4-16(7-10(17)13(15)19)6-9-2-3-11(14)20-9/h2-3,10H,4-8H2,1H3. The molecule has 0 spiro atoms. The van der Waals surface area contributed by atoms with Crippen LogP contribution in [0, 0.1) is 0 Å². The van der Waals surface area contributed by atoms with E-state index in [-0.39, 0.29) is 24.4 Å². The van der Waals surface area contributed by atoms with Crippen LogP contribution in [0.15, 0.2) is 16.5 Å². The maximum atomic E-state index is 12.2. The van der Waals surface area contributed by atoms with Crippen LogP contribution in [-0.2, 0) is 16.1 Å². The van der Waals surface area contributed by atoms with Crippen molar-refractivity contribution in [3.8, 4) is 0 Å². The van der Waals surface area contributed by atoms with Gasteiger partial charge in [0.2, 0.25) is 11.8 Å². The zero-order chi connectivity index (χ0) is 14.3. The minimum atomic E-state index is -0.375. The van der Waals surface area contributed by atoms with Crippen molar-refractivity contribution in [2.24, 2.45) is 0 Å². The van der Waals surface area contributed by atoms with Gasteiger partial charge in [-0.25, -0.2) is 0 Å². The minimum absolute atomic E-state index is 0.00628. The topological polar surface area (TPSA) is 57.0 Å². The van der Waals surface area contributed by atoms with Crippen molar-refractivity contribution in [1.82, 2.24) is 14.7 Å². The molecule has 3 rings (SSSR count). The molecule has 6 nitrogen and oxygen atoms in total. The summed E-state index contributed by atoms with van der Waals surface area (Å²) in [6.07, 6.45) is 0. The van der Waals surface area contributed by atoms with E-state index in [1.807, 2.05) is 6.07 Å². The highest BCUT2D eigenvalue weighted by molar-refractivity contribution is 6.28. The number of fused-ring (bicyclic) bond motifs is 1. The van der Waals surface area contributed by atoms with Gasteiger partial charge in [0.05, 0.1) is 13.1 Å². The second-order valence-electron chi connectivity index (χ2n) is 5.24. The fraction of sp³-hybridized carbons (Fsp3) is 0.538. The first-order valence-corrected chi connectivity index (χ1v) is 6.93. The number of hydrogen-bond acceptors (Lipinski definition) is 4. The fourth-order valence-electron chi connectivity index (χ4n) is 2.78. The van der Waals surface area contributed by atoms with Crippen LogP contribution < -0.4 is 0 Å². The molecule has 0 aliphatic carbocycles. The second-order valence-corrected chi connectivity index (χ2v) is 5.61. The number of nitrogens with zero attached hydrogens (tertiary/aromatic N) is 3. The monoisotopic (exact) mass is 297 g/mol. The number of rotatable bonds is 2. The SMILES string of the molecule is CN1CC(=O)N2CCN(Cc3ccc(Cl)o3)CC2C1=O. The van der Waals surface area contributed by atoms with Crippen molar-refractivity contribution in [2.45, 2.75) is 12.6 Å². The fourth-order valence-corrected chi connectivity index (χ4v) is 2.94. The summed E-state index contributed by atoms with van der Waals surface area (Å²) in [5.74, 6) is 0.802. The average Bonchev–Trinajstić information content (AvgIpc) is 2.81. The Morgan fingerprint density at radius 2 is 2.15 bits per heavy atom. The molecule has 1 aromatic heterocycles. The first-order chi connectivity index (χ1) is 9.54. The van der Waals surface area contributed by atoms with Crippen molar-refractivity contribution < 1.29 is 14.0 Å². The third-order valence-electron chi connectivity index (χ3n) is 3.83. The van der Waals surface area contributed by atoms with Gasteiger partial charge >= 0.3 is 0 Å². The molecule has 7 heteroatoms. The first kappa shape index (κ1) is 13.5. The van der Waals surface area contributed by atoms with Gasteiger partial charge in [0.1, 0.15) is 11.8 Å². The van der Waals surface area contributed by atoms with Gasteiger partial charge in [0.15, 0.2) is 5.22 Å². The predicted octanol–water partition coefficient (Wildman–Crippen LogP) is 0.418. The van der Waals surface area contributed by atoms with E-state index in [0.29, 0.717) is 24.9 Å². The molecule has 2 saturated heterocycles. The molecular weight excluding hydrogens is 282 g/mol. The van der Waals surface area contributed by atoms with Crippen molar-refractivity contribution in [2.75, 3.05) is 33.2 Å². The van der Waals surface area contributed by atoms with E-state index in [4.69, 9.17) is 16.0 Å². The predicted molar refractivity (Wildman–Crippen MR) is 72.1 cm³/mol. The van der Waals surface area contributed by atoms with Gasteiger partial charge in [0, 0.05) is 26.7 Å². The molecule has 2 aliphatic rings. The molecule has 20 heavy (non-hydrogen) atoms. The Labute approximate surface area is 121 Å². The Bertz CT molecular complexity index is 545. The molecule has 3 heterocycles. The van der Waals surface area contributed by atoms with Gasteiger partial charge < -0.3 is 14.2 Å². The lowest BCUT2D eigenvalue weighted by molar-refractivity contribution is -0.158. The summed E-state index contributed by atoms with van der Waals surface area (Å²) < 4.78 is 5.34. The van der Waals surface area contributed by atoms with Crippen molar-refractivity contribution >= 4 is 23.4 Å². The zero-order valence-corrected chi connectivity index (χ0v) is 12.0. The normalized spacial score (nSPS) is 24.2. The molecule has 0 radical (unpaired) electrons. The number of halogens is 1. The van der Waals surface area contributed by atoms with E-state index < -0.39 is 0 Å². The lowest BCUT2D eigenvalue weighted by Gasteiger charge is -2.45. The number of carbonyl (C=O) groups excluding carboxylic acids is 2. The molecule has 2 fully saturated rings. The van der Waals surface area contributed by atoms with Crippen LogP contribution in [0.3, 0.4) is 0 Å². The van der Waals surface area contributed by atoms with Gasteiger partial charge in [-0.1, -0.05) is 0 Å². The highest BCUT2D eigenvalue weighted by Crippen LogP contribution is 2.20. The van der Waals surface area contributed by atoms with Crippen molar-refractivity contribution in [3.05, 3.63) is 23.1 Å². The minimum Gasteiger partial charge on any atom is -0.448 e. The quantitative estimate of drug-likeness (QED) is 0.794. The molecule has 1 aromatic rings. The number of hydrogen-bond donors (Lipinski definition) is 0. The van der Waals surface area contributed by atoms with Crippen LogP contribution in [-0.4, -0.2) is 65.8 Å². The second kappa shape index (κ2) is 5.10. The van der Waals surface area contributed by atoms with E-state index >= 15 is 0 Å². The molecule has 0 bridgehead atoms. The van der Waals surface area contributed by atoms with Crippen molar-refractivity contribution in [3.63, 3.8) is 0 Å². The Hall–Kier alpha value is -1.53. The first-order valence-electron chi connectivity index (χ1n) is 6.55.